The summed E-state index contributed by atoms with van der Waals surface area (Å²) in [5, 5.41) is 0. The summed E-state index contributed by atoms with van der Waals surface area (Å²) < 4.78 is 0. The van der Waals surface area contributed by atoms with Crippen molar-refractivity contribution in [2.24, 2.45) is 5.92 Å². The van der Waals surface area contributed by atoms with Gasteiger partial charge >= 0.3 is 0 Å². The molecule has 0 aliphatic heterocycles. The molecule has 17 heavy (non-hydrogen) atoms. The van der Waals surface area contributed by atoms with E-state index in [4.69, 9.17) is 0 Å². The van der Waals surface area contributed by atoms with Crippen LogP contribution in [-0.4, -0.2) is 0 Å². The van der Waals surface area contributed by atoms with Gasteiger partial charge in [-0.05, 0) is 42.1 Å². The van der Waals surface area contributed by atoms with Crippen LogP contribution in [0.1, 0.15) is 26.7 Å². The van der Waals surface area contributed by atoms with E-state index in [2.05, 4.69) is 56.4 Å². The Hall–Kier alpha value is -1.56. The second-order valence-corrected chi connectivity index (χ2v) is 5.13. The van der Waals surface area contributed by atoms with Gasteiger partial charge in [-0.15, -0.1) is 0 Å². The molecule has 0 amide bonds. The third-order valence-corrected chi connectivity index (χ3v) is 3.85. The summed E-state index contributed by atoms with van der Waals surface area (Å²) in [6.45, 7) is 4.59. The highest BCUT2D eigenvalue weighted by molar-refractivity contribution is 5.63. The molecule has 1 unspecified atom stereocenters. The molecule has 0 fully saturated rings. The maximum absolute atomic E-state index is 2.31. The normalized spacial score (nSPS) is 26.7. The van der Waals surface area contributed by atoms with Gasteiger partial charge in [0.15, 0.2) is 0 Å². The van der Waals surface area contributed by atoms with Crippen LogP contribution in [0.5, 0.6) is 0 Å². The molecule has 3 rings (SSSR count). The maximum Gasteiger partial charge on any atom is 0.000155 e. The Bertz CT molecular complexity index is 530. The maximum atomic E-state index is 2.31. The Morgan fingerprint density at radius 2 is 2.06 bits per heavy atom. The molecule has 0 aromatic heterocycles. The Kier molecular flexibility index (Phi) is 2.51. The van der Waals surface area contributed by atoms with Gasteiger partial charge in [-0.1, -0.05) is 55.0 Å². The lowest BCUT2D eigenvalue weighted by Crippen LogP contribution is -2.01. The van der Waals surface area contributed by atoms with E-state index in [1.807, 2.05) is 0 Å². The molecular formula is C17H18. The van der Waals surface area contributed by atoms with E-state index in [1.165, 1.54) is 22.3 Å². The van der Waals surface area contributed by atoms with Crippen molar-refractivity contribution in [1.29, 1.82) is 0 Å². The van der Waals surface area contributed by atoms with Crippen LogP contribution in [0.15, 0.2) is 70.4 Å². The predicted octanol–water partition coefficient (Wildman–Crippen LogP) is 4.65. The molecule has 0 bridgehead atoms. The average molecular weight is 222 g/mol. The summed E-state index contributed by atoms with van der Waals surface area (Å²) in [4.78, 5) is 0. The molecule has 0 saturated heterocycles. The van der Waals surface area contributed by atoms with Crippen LogP contribution in [0.2, 0.25) is 0 Å². The molecule has 3 aliphatic carbocycles. The van der Waals surface area contributed by atoms with E-state index in [0.29, 0.717) is 5.92 Å². The molecule has 0 radical (unpaired) electrons. The number of hydrogen-bond donors (Lipinski definition) is 0. The highest BCUT2D eigenvalue weighted by Gasteiger charge is 2.26. The zero-order valence-electron chi connectivity index (χ0n) is 10.5. The molecule has 0 heteroatoms. The standard InChI is InChI=1S/C17H18/c1-12-7-3-4-10-15-11-13(2)17(16(12)15)14-8-5-6-9-14/h3-8,10,12H,9,11H2,1-2H3. The average Bonchev–Trinajstić information content (AvgIpc) is 2.87. The van der Waals surface area contributed by atoms with Crippen LogP contribution in [0.25, 0.3) is 0 Å². The van der Waals surface area contributed by atoms with Crippen molar-refractivity contribution in [2.45, 2.75) is 26.7 Å². The van der Waals surface area contributed by atoms with Crippen molar-refractivity contribution in [1.82, 2.24) is 0 Å². The minimum atomic E-state index is 0.536. The van der Waals surface area contributed by atoms with Gasteiger partial charge in [0.05, 0.1) is 0 Å². The van der Waals surface area contributed by atoms with Gasteiger partial charge in [-0.3, -0.25) is 0 Å². The minimum Gasteiger partial charge on any atom is -0.0801 e. The largest absolute Gasteiger partial charge is 0.0801 e. The van der Waals surface area contributed by atoms with Crippen molar-refractivity contribution >= 4 is 0 Å². The fourth-order valence-electron chi connectivity index (χ4n) is 3.11. The first-order valence-electron chi connectivity index (χ1n) is 6.41. The summed E-state index contributed by atoms with van der Waals surface area (Å²) in [5.74, 6) is 0.536. The number of rotatable bonds is 1. The molecule has 0 nitrogen and oxygen atoms in total. The summed E-state index contributed by atoms with van der Waals surface area (Å²) in [5.41, 5.74) is 7.65. The second kappa shape index (κ2) is 4.03. The van der Waals surface area contributed by atoms with Crippen molar-refractivity contribution < 1.29 is 0 Å². The van der Waals surface area contributed by atoms with Gasteiger partial charge in [-0.2, -0.15) is 0 Å². The lowest BCUT2D eigenvalue weighted by Gasteiger charge is -2.16. The van der Waals surface area contributed by atoms with E-state index in [1.54, 1.807) is 5.57 Å². The zero-order valence-corrected chi connectivity index (χ0v) is 10.5. The number of hydrogen-bond acceptors (Lipinski definition) is 0. The van der Waals surface area contributed by atoms with Gasteiger partial charge in [0.1, 0.15) is 0 Å². The Balaban J connectivity index is 2.08. The molecular weight excluding hydrogens is 204 g/mol. The Labute approximate surface area is 103 Å². The molecule has 0 saturated carbocycles. The van der Waals surface area contributed by atoms with E-state index in [0.717, 1.165) is 12.8 Å². The van der Waals surface area contributed by atoms with E-state index in [9.17, 15) is 0 Å². The quantitative estimate of drug-likeness (QED) is 0.605. The van der Waals surface area contributed by atoms with E-state index < -0.39 is 0 Å². The molecule has 0 aromatic rings. The summed E-state index contributed by atoms with van der Waals surface area (Å²) >= 11 is 0. The third-order valence-electron chi connectivity index (χ3n) is 3.85. The molecule has 0 N–H and O–H groups in total. The van der Waals surface area contributed by atoms with Crippen LogP contribution < -0.4 is 0 Å². The van der Waals surface area contributed by atoms with Gasteiger partial charge in [0.2, 0.25) is 0 Å². The molecule has 0 spiro atoms. The smallest absolute Gasteiger partial charge is 0.000155 e. The third kappa shape index (κ3) is 1.68. The molecule has 3 aliphatic rings. The Morgan fingerprint density at radius 1 is 1.18 bits per heavy atom. The fraction of sp³-hybridized carbons (Fsp3) is 0.294. The number of allylic oxidation sites excluding steroid dienone is 12. The topological polar surface area (TPSA) is 0 Å². The highest BCUT2D eigenvalue weighted by Crippen LogP contribution is 2.43. The van der Waals surface area contributed by atoms with E-state index in [-0.39, 0.29) is 0 Å². The van der Waals surface area contributed by atoms with Crippen molar-refractivity contribution in [3.05, 3.63) is 70.4 Å². The van der Waals surface area contributed by atoms with Crippen LogP contribution in [0.4, 0.5) is 0 Å². The van der Waals surface area contributed by atoms with Gasteiger partial charge < -0.3 is 0 Å². The van der Waals surface area contributed by atoms with Gasteiger partial charge in [0.25, 0.3) is 0 Å². The van der Waals surface area contributed by atoms with Crippen LogP contribution in [0, 0.1) is 5.92 Å². The molecule has 0 heterocycles. The van der Waals surface area contributed by atoms with Crippen molar-refractivity contribution in [3.8, 4) is 0 Å². The SMILES string of the molecule is CC1=C(C2=CC=CC2)C2=C(C=CC=CC2C)C1. The first kappa shape index (κ1) is 10.6. The molecule has 0 aromatic carbocycles. The molecule has 1 atom stereocenters. The summed E-state index contributed by atoms with van der Waals surface area (Å²) in [6, 6.07) is 0. The summed E-state index contributed by atoms with van der Waals surface area (Å²) in [7, 11) is 0. The Morgan fingerprint density at radius 3 is 2.82 bits per heavy atom. The lowest BCUT2D eigenvalue weighted by atomic mass is 9.88. The van der Waals surface area contributed by atoms with Gasteiger partial charge in [0, 0.05) is 5.92 Å². The van der Waals surface area contributed by atoms with Gasteiger partial charge in [-0.25, -0.2) is 0 Å². The lowest BCUT2D eigenvalue weighted by molar-refractivity contribution is 0.870. The van der Waals surface area contributed by atoms with Crippen LogP contribution >= 0.6 is 0 Å². The van der Waals surface area contributed by atoms with Crippen LogP contribution in [0.3, 0.4) is 0 Å². The van der Waals surface area contributed by atoms with Crippen molar-refractivity contribution in [2.75, 3.05) is 0 Å². The predicted molar refractivity (Wildman–Crippen MR) is 73.6 cm³/mol. The fourth-order valence-corrected chi connectivity index (χ4v) is 3.11. The van der Waals surface area contributed by atoms with Crippen molar-refractivity contribution in [3.63, 3.8) is 0 Å². The monoisotopic (exact) mass is 222 g/mol. The van der Waals surface area contributed by atoms with Crippen LogP contribution in [-0.2, 0) is 0 Å². The first-order valence-corrected chi connectivity index (χ1v) is 6.41. The zero-order chi connectivity index (χ0) is 11.8. The molecule has 86 valence electrons. The van der Waals surface area contributed by atoms with E-state index >= 15 is 0 Å². The summed E-state index contributed by atoms with van der Waals surface area (Å²) in [6.07, 6.45) is 17.9. The first-order chi connectivity index (χ1) is 8.27. The second-order valence-electron chi connectivity index (χ2n) is 5.13. The highest BCUT2D eigenvalue weighted by atomic mass is 14.3. The minimum absolute atomic E-state index is 0.536.